The molecule has 5 heteroatoms. The van der Waals surface area contributed by atoms with Crippen molar-refractivity contribution in [1.82, 2.24) is 10.6 Å². The first-order valence-electron chi connectivity index (χ1n) is 8.33. The highest BCUT2D eigenvalue weighted by Gasteiger charge is 2.21. The van der Waals surface area contributed by atoms with E-state index >= 15 is 0 Å². The van der Waals surface area contributed by atoms with Gasteiger partial charge in [-0.05, 0) is 56.0 Å². The number of hydrogen-bond donors (Lipinski definition) is 2. The number of piperidine rings is 1. The van der Waals surface area contributed by atoms with Crippen LogP contribution in [0.3, 0.4) is 0 Å². The Morgan fingerprint density at radius 2 is 1.96 bits per heavy atom. The Hall–Kier alpha value is -1.75. The van der Waals surface area contributed by atoms with Gasteiger partial charge in [0.2, 0.25) is 5.91 Å². The van der Waals surface area contributed by atoms with E-state index in [-0.39, 0.29) is 11.8 Å². The number of carbonyl (C=O) groups excluding carboxylic acids is 1. The highest BCUT2D eigenvalue weighted by Crippen LogP contribution is 2.28. The maximum Gasteiger partial charge on any atom is 0.223 e. The van der Waals surface area contributed by atoms with Crippen LogP contribution in [0.2, 0.25) is 0 Å². The summed E-state index contributed by atoms with van der Waals surface area (Å²) < 4.78 is 10.6. The predicted octanol–water partition coefficient (Wildman–Crippen LogP) is 2.00. The molecular formula is C18H28N2O3. The largest absolute Gasteiger partial charge is 0.493 e. The third kappa shape index (κ3) is 5.13. The Kier molecular flexibility index (Phi) is 6.71. The first-order chi connectivity index (χ1) is 11.1. The van der Waals surface area contributed by atoms with Crippen molar-refractivity contribution in [2.75, 3.05) is 33.9 Å². The molecule has 1 atom stereocenters. The Balaban J connectivity index is 1.82. The Morgan fingerprint density at radius 1 is 1.26 bits per heavy atom. The van der Waals surface area contributed by atoms with Crippen molar-refractivity contribution < 1.29 is 14.3 Å². The van der Waals surface area contributed by atoms with E-state index in [1.807, 2.05) is 18.2 Å². The van der Waals surface area contributed by atoms with Crippen LogP contribution < -0.4 is 20.1 Å². The zero-order valence-corrected chi connectivity index (χ0v) is 14.4. The zero-order chi connectivity index (χ0) is 16.7. The molecule has 0 aromatic heterocycles. The fourth-order valence-electron chi connectivity index (χ4n) is 2.99. The standard InChI is InChI=1S/C18H28N2O3/c1-13(12-20-18(21)15-6-8-19-9-7-15)10-14-4-5-16(22-2)17(11-14)23-3/h4-5,11,13,15,19H,6-10,12H2,1-3H3,(H,20,21). The monoisotopic (exact) mass is 320 g/mol. The van der Waals surface area contributed by atoms with E-state index in [9.17, 15) is 4.79 Å². The molecule has 128 valence electrons. The van der Waals surface area contributed by atoms with E-state index in [1.165, 1.54) is 5.56 Å². The summed E-state index contributed by atoms with van der Waals surface area (Å²) in [6.45, 7) is 4.75. The molecule has 1 aromatic carbocycles. The summed E-state index contributed by atoms with van der Waals surface area (Å²) >= 11 is 0. The molecule has 1 saturated heterocycles. The number of nitrogens with one attached hydrogen (secondary N) is 2. The van der Waals surface area contributed by atoms with E-state index in [2.05, 4.69) is 17.6 Å². The van der Waals surface area contributed by atoms with Gasteiger partial charge in [0, 0.05) is 12.5 Å². The maximum absolute atomic E-state index is 12.2. The fraction of sp³-hybridized carbons (Fsp3) is 0.611. The molecule has 1 fully saturated rings. The molecule has 1 heterocycles. The summed E-state index contributed by atoms with van der Waals surface area (Å²) in [5.74, 6) is 2.23. The van der Waals surface area contributed by atoms with E-state index < -0.39 is 0 Å². The van der Waals surface area contributed by atoms with Crippen LogP contribution in [-0.2, 0) is 11.2 Å². The molecule has 1 amide bonds. The van der Waals surface area contributed by atoms with E-state index in [0.29, 0.717) is 12.5 Å². The van der Waals surface area contributed by atoms with Crippen molar-refractivity contribution in [2.45, 2.75) is 26.2 Å². The van der Waals surface area contributed by atoms with Crippen LogP contribution in [0.15, 0.2) is 18.2 Å². The van der Waals surface area contributed by atoms with Gasteiger partial charge in [0.1, 0.15) is 0 Å². The quantitative estimate of drug-likeness (QED) is 0.807. The molecule has 1 aliphatic heterocycles. The van der Waals surface area contributed by atoms with E-state index in [1.54, 1.807) is 14.2 Å². The second kappa shape index (κ2) is 8.77. The summed E-state index contributed by atoms with van der Waals surface area (Å²) in [5, 5.41) is 6.39. The highest BCUT2D eigenvalue weighted by atomic mass is 16.5. The van der Waals surface area contributed by atoms with Gasteiger partial charge in [0.25, 0.3) is 0 Å². The lowest BCUT2D eigenvalue weighted by molar-refractivity contribution is -0.125. The number of amides is 1. The third-order valence-electron chi connectivity index (χ3n) is 4.37. The Morgan fingerprint density at radius 3 is 2.61 bits per heavy atom. The molecule has 0 bridgehead atoms. The minimum atomic E-state index is 0.171. The van der Waals surface area contributed by atoms with Crippen molar-refractivity contribution >= 4 is 5.91 Å². The molecule has 23 heavy (non-hydrogen) atoms. The number of carbonyl (C=O) groups is 1. The van der Waals surface area contributed by atoms with Gasteiger partial charge >= 0.3 is 0 Å². The molecule has 0 spiro atoms. The average molecular weight is 320 g/mol. The van der Waals surface area contributed by atoms with Crippen LogP contribution in [0.1, 0.15) is 25.3 Å². The SMILES string of the molecule is COc1ccc(CC(C)CNC(=O)C2CCNCC2)cc1OC. The lowest BCUT2D eigenvalue weighted by Gasteiger charge is -2.22. The van der Waals surface area contributed by atoms with Crippen LogP contribution in [0.5, 0.6) is 11.5 Å². The first-order valence-corrected chi connectivity index (χ1v) is 8.33. The predicted molar refractivity (Wildman–Crippen MR) is 91.0 cm³/mol. The summed E-state index contributed by atoms with van der Waals surface area (Å²) in [6, 6.07) is 5.98. The minimum Gasteiger partial charge on any atom is -0.493 e. The summed E-state index contributed by atoms with van der Waals surface area (Å²) in [7, 11) is 3.28. The van der Waals surface area contributed by atoms with Gasteiger partial charge in [-0.15, -0.1) is 0 Å². The molecule has 2 N–H and O–H groups in total. The molecule has 0 aliphatic carbocycles. The molecular weight excluding hydrogens is 292 g/mol. The smallest absolute Gasteiger partial charge is 0.223 e. The van der Waals surface area contributed by atoms with Gasteiger partial charge in [-0.3, -0.25) is 4.79 Å². The number of rotatable bonds is 7. The van der Waals surface area contributed by atoms with Crippen LogP contribution in [0.25, 0.3) is 0 Å². The molecule has 1 unspecified atom stereocenters. The number of ether oxygens (including phenoxy) is 2. The lowest BCUT2D eigenvalue weighted by atomic mass is 9.96. The topological polar surface area (TPSA) is 59.6 Å². The zero-order valence-electron chi connectivity index (χ0n) is 14.4. The van der Waals surface area contributed by atoms with Crippen LogP contribution in [0.4, 0.5) is 0 Å². The summed E-state index contributed by atoms with van der Waals surface area (Å²) in [5.41, 5.74) is 1.19. The number of benzene rings is 1. The van der Waals surface area contributed by atoms with Gasteiger partial charge < -0.3 is 20.1 Å². The van der Waals surface area contributed by atoms with E-state index in [4.69, 9.17) is 9.47 Å². The second-order valence-electron chi connectivity index (χ2n) is 6.27. The highest BCUT2D eigenvalue weighted by molar-refractivity contribution is 5.78. The average Bonchev–Trinajstić information content (AvgIpc) is 2.60. The first kappa shape index (κ1) is 17.6. The van der Waals surface area contributed by atoms with Crippen molar-refractivity contribution in [1.29, 1.82) is 0 Å². The molecule has 5 nitrogen and oxygen atoms in total. The lowest BCUT2D eigenvalue weighted by Crippen LogP contribution is -2.39. The summed E-state index contributed by atoms with van der Waals surface area (Å²) in [4.78, 5) is 12.2. The van der Waals surface area contributed by atoms with Crippen LogP contribution >= 0.6 is 0 Å². The van der Waals surface area contributed by atoms with Crippen molar-refractivity contribution in [3.63, 3.8) is 0 Å². The van der Waals surface area contributed by atoms with Crippen molar-refractivity contribution in [3.8, 4) is 11.5 Å². The maximum atomic E-state index is 12.2. The number of methoxy groups -OCH3 is 2. The normalized spacial score (nSPS) is 16.7. The minimum absolute atomic E-state index is 0.171. The van der Waals surface area contributed by atoms with Gasteiger partial charge in [0.05, 0.1) is 14.2 Å². The van der Waals surface area contributed by atoms with Gasteiger partial charge in [-0.2, -0.15) is 0 Å². The molecule has 1 aromatic rings. The van der Waals surface area contributed by atoms with E-state index in [0.717, 1.165) is 43.9 Å². The second-order valence-corrected chi connectivity index (χ2v) is 6.27. The number of hydrogen-bond acceptors (Lipinski definition) is 4. The van der Waals surface area contributed by atoms with Gasteiger partial charge in [0.15, 0.2) is 11.5 Å². The van der Waals surface area contributed by atoms with Crippen molar-refractivity contribution in [2.24, 2.45) is 11.8 Å². The van der Waals surface area contributed by atoms with Gasteiger partial charge in [-0.25, -0.2) is 0 Å². The Bertz CT molecular complexity index is 513. The van der Waals surface area contributed by atoms with Gasteiger partial charge in [-0.1, -0.05) is 13.0 Å². The third-order valence-corrected chi connectivity index (χ3v) is 4.37. The molecule has 0 saturated carbocycles. The summed E-state index contributed by atoms with van der Waals surface area (Å²) in [6.07, 6.45) is 2.78. The molecule has 2 rings (SSSR count). The van der Waals surface area contributed by atoms with Crippen LogP contribution in [0, 0.1) is 11.8 Å². The van der Waals surface area contributed by atoms with Crippen molar-refractivity contribution in [3.05, 3.63) is 23.8 Å². The molecule has 0 radical (unpaired) electrons. The Labute approximate surface area is 138 Å². The van der Waals surface area contributed by atoms with Crippen LogP contribution in [-0.4, -0.2) is 39.8 Å². The molecule has 1 aliphatic rings. The fourth-order valence-corrected chi connectivity index (χ4v) is 2.99.